The van der Waals surface area contributed by atoms with E-state index in [0.29, 0.717) is 11.5 Å². The normalized spacial score (nSPS) is 21.6. The molecule has 2 aromatic rings. The Kier molecular flexibility index (Phi) is 5.64. The molecule has 1 fully saturated rings. The number of piperazine rings is 1. The number of carbonyl (C=O) groups is 1. The van der Waals surface area contributed by atoms with Gasteiger partial charge < -0.3 is 24.6 Å². The first kappa shape index (κ1) is 19.6. The molecule has 6 nitrogen and oxygen atoms in total. The largest absolute Gasteiger partial charge is 0.454 e. The molecule has 29 heavy (non-hydrogen) atoms. The van der Waals surface area contributed by atoms with E-state index in [1.165, 1.54) is 15.9 Å². The second kappa shape index (κ2) is 8.34. The lowest BCUT2D eigenvalue weighted by atomic mass is 10.0. The van der Waals surface area contributed by atoms with Gasteiger partial charge in [0.1, 0.15) is 49.4 Å². The van der Waals surface area contributed by atoms with Gasteiger partial charge in [-0.15, -0.1) is 0 Å². The van der Waals surface area contributed by atoms with E-state index in [1.54, 1.807) is 0 Å². The van der Waals surface area contributed by atoms with Crippen LogP contribution in [-0.4, -0.2) is 52.5 Å². The molecule has 8 heteroatoms. The van der Waals surface area contributed by atoms with Crippen molar-refractivity contribution >= 4 is 5.91 Å². The number of rotatable bonds is 5. The number of benzene rings is 2. The maximum absolute atomic E-state index is 14.0. The van der Waals surface area contributed by atoms with Gasteiger partial charge in [-0.3, -0.25) is 4.79 Å². The van der Waals surface area contributed by atoms with Gasteiger partial charge in [-0.25, -0.2) is 8.78 Å². The maximum Gasteiger partial charge on any atom is 0.257 e. The Balaban J connectivity index is 1.55. The minimum atomic E-state index is -0.863. The quantitative estimate of drug-likeness (QED) is 0.634. The predicted octanol–water partition coefficient (Wildman–Crippen LogP) is -0.422. The monoisotopic (exact) mass is 405 g/mol. The molecule has 1 atom stereocenters. The van der Waals surface area contributed by atoms with E-state index in [9.17, 15) is 13.6 Å². The Morgan fingerprint density at radius 3 is 2.48 bits per heavy atom. The van der Waals surface area contributed by atoms with Gasteiger partial charge in [0, 0.05) is 5.56 Å². The number of hydrogen-bond acceptors (Lipinski definition) is 3. The van der Waals surface area contributed by atoms with Crippen molar-refractivity contribution in [2.75, 3.05) is 46.6 Å². The molecule has 2 aliphatic heterocycles. The minimum Gasteiger partial charge on any atom is -0.454 e. The topological polar surface area (TPSA) is 56.4 Å². The van der Waals surface area contributed by atoms with Gasteiger partial charge in [-0.2, -0.15) is 0 Å². The van der Waals surface area contributed by atoms with Crippen LogP contribution in [0.1, 0.15) is 22.0 Å². The number of quaternary nitrogens is 2. The van der Waals surface area contributed by atoms with Crippen LogP contribution in [0.5, 0.6) is 11.5 Å². The van der Waals surface area contributed by atoms with E-state index < -0.39 is 23.1 Å². The molecule has 0 unspecified atom stereocenters. The highest BCUT2D eigenvalue weighted by Gasteiger charge is 2.31. The third kappa shape index (κ3) is 4.18. The van der Waals surface area contributed by atoms with Crippen molar-refractivity contribution in [2.24, 2.45) is 0 Å². The van der Waals surface area contributed by atoms with Crippen LogP contribution in [0.4, 0.5) is 8.78 Å². The molecule has 4 rings (SSSR count). The Morgan fingerprint density at radius 1 is 1.07 bits per heavy atom. The van der Waals surface area contributed by atoms with E-state index in [4.69, 9.17) is 9.47 Å². The molecule has 2 aliphatic rings. The number of fused-ring (bicyclic) bond motifs is 1. The zero-order valence-corrected chi connectivity index (χ0v) is 16.3. The summed E-state index contributed by atoms with van der Waals surface area (Å²) in [5.41, 5.74) is 0.452. The Morgan fingerprint density at radius 2 is 1.76 bits per heavy atom. The van der Waals surface area contributed by atoms with Crippen LogP contribution in [0.3, 0.4) is 0 Å². The summed E-state index contributed by atoms with van der Waals surface area (Å²) in [6.07, 6.45) is 0. The smallest absolute Gasteiger partial charge is 0.257 e. The molecule has 154 valence electrons. The van der Waals surface area contributed by atoms with Gasteiger partial charge in [-0.05, 0) is 30.3 Å². The fourth-order valence-corrected chi connectivity index (χ4v) is 3.97. The molecule has 0 bridgehead atoms. The highest BCUT2D eigenvalue weighted by molar-refractivity contribution is 5.94. The molecule has 0 radical (unpaired) electrons. The lowest BCUT2D eigenvalue weighted by Gasteiger charge is -2.33. The van der Waals surface area contributed by atoms with Crippen LogP contribution >= 0.6 is 0 Å². The number of ether oxygens (including phenoxy) is 2. The average molecular weight is 405 g/mol. The van der Waals surface area contributed by atoms with Gasteiger partial charge in [0.2, 0.25) is 6.79 Å². The van der Waals surface area contributed by atoms with Crippen molar-refractivity contribution in [3.63, 3.8) is 0 Å². The molecule has 0 aliphatic carbocycles. The van der Waals surface area contributed by atoms with Crippen molar-refractivity contribution in [1.82, 2.24) is 5.32 Å². The first-order chi connectivity index (χ1) is 14.0. The summed E-state index contributed by atoms with van der Waals surface area (Å²) in [5.74, 6) is -1.10. The number of halogens is 2. The Bertz CT molecular complexity index is 880. The van der Waals surface area contributed by atoms with Crippen molar-refractivity contribution in [3.05, 3.63) is 59.2 Å². The first-order valence-electron chi connectivity index (χ1n) is 9.80. The van der Waals surface area contributed by atoms with Crippen LogP contribution in [0.25, 0.3) is 0 Å². The molecule has 1 saturated heterocycles. The number of carbonyl (C=O) groups excluding carboxylic acids is 1. The van der Waals surface area contributed by atoms with Gasteiger partial charge >= 0.3 is 0 Å². The lowest BCUT2D eigenvalue weighted by molar-refractivity contribution is -1.02. The molecule has 2 aromatic carbocycles. The fraction of sp³-hybridized carbons (Fsp3) is 0.381. The van der Waals surface area contributed by atoms with E-state index in [1.807, 2.05) is 18.2 Å². The van der Waals surface area contributed by atoms with E-state index >= 15 is 0 Å². The summed E-state index contributed by atoms with van der Waals surface area (Å²) in [7, 11) is 2.16. The fourth-order valence-electron chi connectivity index (χ4n) is 3.97. The highest BCUT2D eigenvalue weighted by Crippen LogP contribution is 2.33. The summed E-state index contributed by atoms with van der Waals surface area (Å²) in [4.78, 5) is 15.3. The Hall–Kier alpha value is -2.71. The first-order valence-corrected chi connectivity index (χ1v) is 9.80. The lowest BCUT2D eigenvalue weighted by Crippen LogP contribution is -3.27. The molecule has 1 amide bonds. The van der Waals surface area contributed by atoms with Gasteiger partial charge in [-0.1, -0.05) is 6.07 Å². The summed E-state index contributed by atoms with van der Waals surface area (Å²) < 4.78 is 38.8. The van der Waals surface area contributed by atoms with Gasteiger partial charge in [0.25, 0.3) is 5.91 Å². The van der Waals surface area contributed by atoms with Crippen LogP contribution in [-0.2, 0) is 0 Å². The predicted molar refractivity (Wildman–Crippen MR) is 101 cm³/mol. The third-order valence-corrected chi connectivity index (χ3v) is 5.69. The molecule has 0 aromatic heterocycles. The second-order valence-corrected chi connectivity index (χ2v) is 7.59. The minimum absolute atomic E-state index is 0.0589. The van der Waals surface area contributed by atoms with E-state index in [0.717, 1.165) is 43.9 Å². The molecular formula is C21H25F2N3O3+2. The van der Waals surface area contributed by atoms with Crippen LogP contribution in [0.15, 0.2) is 36.4 Å². The van der Waals surface area contributed by atoms with Crippen LogP contribution in [0.2, 0.25) is 0 Å². The molecule has 3 N–H and O–H groups in total. The molecule has 0 saturated carbocycles. The molecule has 2 heterocycles. The summed E-state index contributed by atoms with van der Waals surface area (Å²) >= 11 is 0. The van der Waals surface area contributed by atoms with Crippen LogP contribution in [0, 0.1) is 11.6 Å². The van der Waals surface area contributed by atoms with Gasteiger partial charge in [0.15, 0.2) is 11.5 Å². The SMILES string of the molecule is C[NH+]1CC[NH+]([C@H](CNC(=O)c2c(F)cccc2F)c2ccc3c(c2)OCO3)CC1. The van der Waals surface area contributed by atoms with Gasteiger partial charge in [0.05, 0.1) is 13.6 Å². The zero-order chi connectivity index (χ0) is 20.4. The van der Waals surface area contributed by atoms with E-state index in [2.05, 4.69) is 12.4 Å². The summed E-state index contributed by atoms with van der Waals surface area (Å²) in [6.45, 7) is 4.38. The standard InChI is InChI=1S/C21H23F2N3O3/c1-25-7-9-26(10-8-25)17(14-5-6-18-19(11-14)29-13-28-18)12-24-21(27)20-15(22)3-2-4-16(20)23/h2-6,11,17H,7-10,12-13H2,1H3,(H,24,27)/p+2/t17-/m1/s1. The highest BCUT2D eigenvalue weighted by atomic mass is 19.1. The van der Waals surface area contributed by atoms with Crippen LogP contribution < -0.4 is 24.6 Å². The zero-order valence-electron chi connectivity index (χ0n) is 16.3. The number of nitrogens with one attached hydrogen (secondary N) is 3. The number of hydrogen-bond donors (Lipinski definition) is 3. The summed E-state index contributed by atoms with van der Waals surface area (Å²) in [5, 5.41) is 2.74. The summed E-state index contributed by atoms with van der Waals surface area (Å²) in [6, 6.07) is 9.12. The van der Waals surface area contributed by atoms with Crippen molar-refractivity contribution < 1.29 is 32.8 Å². The van der Waals surface area contributed by atoms with Crippen molar-refractivity contribution in [3.8, 4) is 11.5 Å². The Labute approximate surface area is 168 Å². The van der Waals surface area contributed by atoms with E-state index in [-0.39, 0.29) is 19.4 Å². The third-order valence-electron chi connectivity index (χ3n) is 5.69. The average Bonchev–Trinajstić information content (AvgIpc) is 3.17. The van der Waals surface area contributed by atoms with Crippen molar-refractivity contribution in [2.45, 2.75) is 6.04 Å². The number of likely N-dealkylation sites (N-methyl/N-ethyl adjacent to an activating group) is 1. The maximum atomic E-state index is 14.0. The molecule has 0 spiro atoms. The second-order valence-electron chi connectivity index (χ2n) is 7.59. The van der Waals surface area contributed by atoms with Crippen molar-refractivity contribution in [1.29, 1.82) is 0 Å². The number of amides is 1. The molecular weight excluding hydrogens is 380 g/mol.